The molecule has 4 rings (SSSR count). The molecule has 1 atom stereocenters. The number of nitrogens with zero attached hydrogens (tertiary/aromatic N) is 3. The molecule has 3 heterocycles. The molecule has 0 spiro atoms. The van der Waals surface area contributed by atoms with E-state index in [4.69, 9.17) is 23.2 Å². The first kappa shape index (κ1) is 17.3. The van der Waals surface area contributed by atoms with Gasteiger partial charge >= 0.3 is 0 Å². The van der Waals surface area contributed by atoms with Crippen molar-refractivity contribution in [2.45, 2.75) is 43.9 Å². The molecule has 1 saturated carbocycles. The van der Waals surface area contributed by atoms with Crippen molar-refractivity contribution in [2.75, 3.05) is 5.32 Å². The Labute approximate surface area is 156 Å². The van der Waals surface area contributed by atoms with Crippen LogP contribution >= 0.6 is 11.6 Å². The van der Waals surface area contributed by atoms with Gasteiger partial charge in [-0.15, -0.1) is 0 Å². The molecule has 1 fully saturated rings. The van der Waals surface area contributed by atoms with Gasteiger partial charge in [0.1, 0.15) is 6.17 Å². The van der Waals surface area contributed by atoms with Crippen LogP contribution in [0.5, 0.6) is 0 Å². The number of hydrazine groups is 1. The van der Waals surface area contributed by atoms with Crippen LogP contribution in [0, 0.1) is 5.82 Å². The summed E-state index contributed by atoms with van der Waals surface area (Å²) in [6.07, 6.45) is 10.8. The molecule has 1 aromatic heterocycles. The van der Waals surface area contributed by atoms with Gasteiger partial charge in [-0.2, -0.15) is 0 Å². The van der Waals surface area contributed by atoms with Crippen LogP contribution in [0.4, 0.5) is 10.2 Å². The summed E-state index contributed by atoms with van der Waals surface area (Å²) in [4.78, 5) is 8.52. The minimum Gasteiger partial charge on any atom is -0.365 e. The third-order valence-electron chi connectivity index (χ3n) is 4.95. The fourth-order valence-electron chi connectivity index (χ4n) is 3.60. The summed E-state index contributed by atoms with van der Waals surface area (Å²) in [5.74, 6) is 5.96. The quantitative estimate of drug-likeness (QED) is 0.472. The number of hydrogen-bond acceptors (Lipinski definition) is 7. The van der Waals surface area contributed by atoms with E-state index in [1.165, 1.54) is 5.01 Å². The Hall–Kier alpha value is -2.16. The van der Waals surface area contributed by atoms with E-state index in [1.807, 2.05) is 0 Å². The maximum atomic E-state index is 14.3. The van der Waals surface area contributed by atoms with Crippen LogP contribution < -0.4 is 22.2 Å². The topological polar surface area (TPSA) is 105 Å². The maximum absolute atomic E-state index is 14.3. The molecular formula is C17H21ClFN7. The van der Waals surface area contributed by atoms with E-state index in [1.54, 1.807) is 18.5 Å². The molecule has 1 unspecified atom stereocenters. The largest absolute Gasteiger partial charge is 0.365 e. The molecule has 0 amide bonds. The lowest BCUT2D eigenvalue weighted by Gasteiger charge is -2.34. The van der Waals surface area contributed by atoms with Crippen molar-refractivity contribution in [3.05, 3.63) is 46.9 Å². The summed E-state index contributed by atoms with van der Waals surface area (Å²) in [5.41, 5.74) is 7.26. The highest BCUT2D eigenvalue weighted by atomic mass is 35.5. The van der Waals surface area contributed by atoms with E-state index in [0.717, 1.165) is 43.9 Å². The van der Waals surface area contributed by atoms with Crippen molar-refractivity contribution in [3.63, 3.8) is 0 Å². The van der Waals surface area contributed by atoms with Gasteiger partial charge < -0.3 is 16.4 Å². The van der Waals surface area contributed by atoms with Gasteiger partial charge in [-0.25, -0.2) is 20.2 Å². The number of fused-ring (bicyclic) bond motifs is 1. The molecule has 1 aromatic rings. The highest BCUT2D eigenvalue weighted by molar-refractivity contribution is 6.31. The molecule has 138 valence electrons. The normalized spacial score (nSPS) is 24.2. The fraction of sp³-hybridized carbons (Fsp3) is 0.412. The van der Waals surface area contributed by atoms with Crippen LogP contribution in [0.25, 0.3) is 5.57 Å². The first-order valence-electron chi connectivity index (χ1n) is 8.64. The summed E-state index contributed by atoms with van der Waals surface area (Å²) in [5, 5.41) is 8.24. The number of aromatic nitrogens is 2. The van der Waals surface area contributed by atoms with Crippen LogP contribution in [0.1, 0.15) is 37.9 Å². The number of nitrogens with two attached hydrogens (primary N) is 2. The number of nitrogens with one attached hydrogen (secondary N) is 2. The Morgan fingerprint density at radius 1 is 1.35 bits per heavy atom. The second-order valence-corrected chi connectivity index (χ2v) is 7.36. The van der Waals surface area contributed by atoms with Crippen LogP contribution in [-0.4, -0.2) is 26.8 Å². The summed E-state index contributed by atoms with van der Waals surface area (Å²) in [6, 6.07) is 0. The van der Waals surface area contributed by atoms with Crippen molar-refractivity contribution in [1.82, 2.24) is 20.3 Å². The van der Waals surface area contributed by atoms with Gasteiger partial charge in [-0.3, -0.25) is 5.01 Å². The van der Waals surface area contributed by atoms with E-state index in [9.17, 15) is 4.39 Å². The molecule has 9 heteroatoms. The van der Waals surface area contributed by atoms with Crippen LogP contribution in [0.3, 0.4) is 0 Å². The van der Waals surface area contributed by atoms with Crippen LogP contribution in [0.15, 0.2) is 35.3 Å². The van der Waals surface area contributed by atoms with Gasteiger partial charge in [0.2, 0.25) is 0 Å². The molecule has 0 bridgehead atoms. The highest BCUT2D eigenvalue weighted by Crippen LogP contribution is 2.35. The first-order chi connectivity index (χ1) is 12.5. The number of hydrogen-bond donors (Lipinski definition) is 4. The standard InChI is InChI=1S/C17H21ClFN7/c18-10-6-11-12(9-26(21)16(11)23-7-10)14-22-8-13(19)15(24-14)25-17(20)4-2-1-3-5-17/h6-9,16,23H,1-5,20-21H2,(H,22,24,25). The van der Waals surface area contributed by atoms with Crippen molar-refractivity contribution in [3.8, 4) is 0 Å². The third kappa shape index (κ3) is 3.15. The molecule has 0 aromatic carbocycles. The second kappa shape index (κ2) is 6.53. The van der Waals surface area contributed by atoms with E-state index in [2.05, 4.69) is 20.6 Å². The third-order valence-corrected chi connectivity index (χ3v) is 5.17. The minimum atomic E-state index is -0.644. The summed E-state index contributed by atoms with van der Waals surface area (Å²) >= 11 is 6.09. The Morgan fingerprint density at radius 2 is 2.12 bits per heavy atom. The van der Waals surface area contributed by atoms with Crippen molar-refractivity contribution >= 4 is 23.0 Å². The van der Waals surface area contributed by atoms with Gasteiger partial charge in [-0.1, -0.05) is 18.0 Å². The second-order valence-electron chi connectivity index (χ2n) is 6.92. The maximum Gasteiger partial charge on any atom is 0.183 e. The molecule has 2 aliphatic heterocycles. The van der Waals surface area contributed by atoms with E-state index in [-0.39, 0.29) is 12.0 Å². The smallest absolute Gasteiger partial charge is 0.183 e. The number of rotatable bonds is 3. The number of allylic oxidation sites excluding steroid dienone is 2. The van der Waals surface area contributed by atoms with Gasteiger partial charge in [0, 0.05) is 23.5 Å². The lowest BCUT2D eigenvalue weighted by atomic mass is 9.90. The average Bonchev–Trinajstić information content (AvgIpc) is 2.93. The number of halogens is 2. The van der Waals surface area contributed by atoms with Crippen molar-refractivity contribution < 1.29 is 4.39 Å². The van der Waals surface area contributed by atoms with Gasteiger partial charge in [0.05, 0.1) is 16.9 Å². The summed E-state index contributed by atoms with van der Waals surface area (Å²) < 4.78 is 14.3. The van der Waals surface area contributed by atoms with Crippen LogP contribution in [-0.2, 0) is 0 Å². The Bertz CT molecular complexity index is 813. The molecule has 0 radical (unpaired) electrons. The predicted octanol–water partition coefficient (Wildman–Crippen LogP) is 2.11. The number of dihydropyridines is 1. The number of anilines is 1. The molecule has 7 nitrogen and oxygen atoms in total. The molecule has 3 aliphatic rings. The highest BCUT2D eigenvalue weighted by Gasteiger charge is 2.33. The monoisotopic (exact) mass is 377 g/mol. The lowest BCUT2D eigenvalue weighted by molar-refractivity contribution is 0.313. The zero-order chi connectivity index (χ0) is 18.3. The van der Waals surface area contributed by atoms with Gasteiger partial charge in [0.25, 0.3) is 0 Å². The Morgan fingerprint density at radius 3 is 2.88 bits per heavy atom. The molecule has 0 saturated heterocycles. The van der Waals surface area contributed by atoms with E-state index in [0.29, 0.717) is 16.4 Å². The molecule has 26 heavy (non-hydrogen) atoms. The van der Waals surface area contributed by atoms with Crippen LogP contribution in [0.2, 0.25) is 0 Å². The summed E-state index contributed by atoms with van der Waals surface area (Å²) in [7, 11) is 0. The summed E-state index contributed by atoms with van der Waals surface area (Å²) in [6.45, 7) is 0. The Balaban J connectivity index is 1.66. The zero-order valence-corrected chi connectivity index (χ0v) is 14.9. The van der Waals surface area contributed by atoms with Crippen molar-refractivity contribution in [2.24, 2.45) is 11.6 Å². The van der Waals surface area contributed by atoms with Gasteiger partial charge in [-0.05, 0) is 31.8 Å². The Kier molecular flexibility index (Phi) is 4.34. The molecular weight excluding hydrogens is 357 g/mol. The SMILES string of the molecule is NN1C=C(c2ncc(F)c(NC3(N)CCCCC3)n2)C2=CC(Cl)=CNC21. The zero-order valence-electron chi connectivity index (χ0n) is 14.2. The molecule has 1 aliphatic carbocycles. The predicted molar refractivity (Wildman–Crippen MR) is 98.6 cm³/mol. The van der Waals surface area contributed by atoms with E-state index < -0.39 is 11.5 Å². The first-order valence-corrected chi connectivity index (χ1v) is 9.01. The van der Waals surface area contributed by atoms with Crippen molar-refractivity contribution in [1.29, 1.82) is 0 Å². The minimum absolute atomic E-state index is 0.110. The van der Waals surface area contributed by atoms with Gasteiger partial charge in [0.15, 0.2) is 17.5 Å². The van der Waals surface area contributed by atoms with E-state index >= 15 is 0 Å². The fourth-order valence-corrected chi connectivity index (χ4v) is 3.78. The molecule has 6 N–H and O–H groups in total. The lowest BCUT2D eigenvalue weighted by Crippen LogP contribution is -2.49. The average molecular weight is 378 g/mol.